The average Bonchev–Trinajstić information content (AvgIpc) is 3.48. The molecule has 1 aromatic heterocycles. The third-order valence-corrected chi connectivity index (χ3v) is 7.92. The maximum absolute atomic E-state index is 12.7. The Morgan fingerprint density at radius 2 is 1.58 bits per heavy atom. The van der Waals surface area contributed by atoms with Crippen molar-refractivity contribution in [1.82, 2.24) is 9.55 Å². The number of imidazole rings is 1. The number of aromatic nitrogens is 2. The number of alkyl halides is 3. The Kier molecular flexibility index (Phi) is 8.67. The van der Waals surface area contributed by atoms with Crippen molar-refractivity contribution in [1.29, 1.82) is 0 Å². The number of hydrogen-bond acceptors (Lipinski definition) is 8. The molecule has 1 fully saturated rings. The molecule has 2 aliphatic heterocycles. The maximum Gasteiger partial charge on any atom is 0.416 e. The van der Waals surface area contributed by atoms with Gasteiger partial charge < -0.3 is 34.5 Å². The predicted molar refractivity (Wildman–Crippen MR) is 161 cm³/mol. The number of rotatable bonds is 10. The predicted octanol–water partition coefficient (Wildman–Crippen LogP) is 6.70. The van der Waals surface area contributed by atoms with Crippen molar-refractivity contribution in [3.63, 3.8) is 0 Å². The average molecular weight is 624 g/mol. The topological polar surface area (TPSA) is 104 Å². The van der Waals surface area contributed by atoms with Gasteiger partial charge in [0.1, 0.15) is 37.0 Å². The van der Waals surface area contributed by atoms with Gasteiger partial charge in [-0.15, -0.1) is 0 Å². The first-order chi connectivity index (χ1) is 21.7. The summed E-state index contributed by atoms with van der Waals surface area (Å²) in [5.74, 6) is 1.15. The zero-order chi connectivity index (χ0) is 31.4. The van der Waals surface area contributed by atoms with Crippen molar-refractivity contribution in [3.8, 4) is 17.5 Å². The van der Waals surface area contributed by atoms with Gasteiger partial charge in [-0.2, -0.15) is 13.2 Å². The van der Waals surface area contributed by atoms with Gasteiger partial charge in [-0.1, -0.05) is 12.1 Å². The Labute approximate surface area is 257 Å². The second-order valence-electron chi connectivity index (χ2n) is 11.1. The third kappa shape index (κ3) is 7.59. The molecule has 6 rings (SSSR count). The molecule has 0 spiro atoms. The van der Waals surface area contributed by atoms with Gasteiger partial charge in [0.05, 0.1) is 5.56 Å². The van der Waals surface area contributed by atoms with E-state index in [4.69, 9.17) is 14.2 Å². The van der Waals surface area contributed by atoms with Gasteiger partial charge in [0.25, 0.3) is 0 Å². The summed E-state index contributed by atoms with van der Waals surface area (Å²) in [5, 5.41) is 14.5. The number of hydrogen-bond donors (Lipinski definition) is 1. The number of halogens is 3. The smallest absolute Gasteiger partial charge is 0.416 e. The van der Waals surface area contributed by atoms with Crippen molar-refractivity contribution in [2.75, 3.05) is 29.9 Å². The van der Waals surface area contributed by atoms with Crippen LogP contribution >= 0.6 is 0 Å². The van der Waals surface area contributed by atoms with Crippen LogP contribution in [0.25, 0.3) is 0 Å². The molecular weight excluding hydrogens is 591 g/mol. The molecule has 1 atom stereocenters. The minimum Gasteiger partial charge on any atom is -0.490 e. The number of ether oxygens (including phenoxy) is 3. The highest BCUT2D eigenvalue weighted by atomic mass is 19.4. The van der Waals surface area contributed by atoms with Crippen molar-refractivity contribution < 1.29 is 32.3 Å². The van der Waals surface area contributed by atoms with Crippen LogP contribution in [0.2, 0.25) is 0 Å². The van der Waals surface area contributed by atoms with Crippen LogP contribution < -0.4 is 24.4 Å². The Hall–Kier alpha value is -4.94. The summed E-state index contributed by atoms with van der Waals surface area (Å²) < 4.78 is 57.3. The molecule has 13 heteroatoms. The Morgan fingerprint density at radius 3 is 2.24 bits per heavy atom. The van der Waals surface area contributed by atoms with E-state index in [0.29, 0.717) is 36.9 Å². The number of benzene rings is 3. The van der Waals surface area contributed by atoms with Crippen LogP contribution in [0.1, 0.15) is 30.4 Å². The molecule has 0 aliphatic carbocycles. The van der Waals surface area contributed by atoms with Crippen molar-refractivity contribution >= 4 is 17.2 Å². The van der Waals surface area contributed by atoms with Crippen LogP contribution in [-0.4, -0.2) is 46.3 Å². The molecule has 0 radical (unpaired) electrons. The van der Waals surface area contributed by atoms with Crippen LogP contribution in [0.3, 0.4) is 0 Å². The number of nitrogens with zero attached hydrogens (tertiary/aromatic N) is 4. The van der Waals surface area contributed by atoms with Crippen LogP contribution in [-0.2, 0) is 19.3 Å². The normalized spacial score (nSPS) is 16.9. The van der Waals surface area contributed by atoms with E-state index < -0.39 is 16.7 Å². The summed E-state index contributed by atoms with van der Waals surface area (Å²) in [7, 11) is 0. The zero-order valence-electron chi connectivity index (χ0n) is 24.3. The molecule has 2 aliphatic rings. The van der Waals surface area contributed by atoms with E-state index >= 15 is 0 Å². The lowest BCUT2D eigenvalue weighted by Crippen LogP contribution is -2.39. The largest absolute Gasteiger partial charge is 0.490 e. The summed E-state index contributed by atoms with van der Waals surface area (Å²) in [4.78, 5) is 16.7. The van der Waals surface area contributed by atoms with Gasteiger partial charge >= 0.3 is 18.0 Å². The Balaban J connectivity index is 0.914. The highest BCUT2D eigenvalue weighted by molar-refractivity contribution is 5.51. The van der Waals surface area contributed by atoms with E-state index in [1.165, 1.54) is 18.3 Å². The third-order valence-electron chi connectivity index (χ3n) is 7.92. The van der Waals surface area contributed by atoms with Crippen LogP contribution in [0.15, 0.2) is 79.0 Å². The fourth-order valence-electron chi connectivity index (χ4n) is 5.40. The van der Waals surface area contributed by atoms with Crippen molar-refractivity contribution in [2.24, 2.45) is 0 Å². The van der Waals surface area contributed by atoms with Gasteiger partial charge in [0.15, 0.2) is 0 Å². The molecule has 0 saturated carbocycles. The van der Waals surface area contributed by atoms with Gasteiger partial charge in [-0.3, -0.25) is 4.57 Å². The van der Waals surface area contributed by atoms with Gasteiger partial charge in [-0.05, 0) is 84.0 Å². The molecule has 45 heavy (non-hydrogen) atoms. The molecule has 3 aromatic carbocycles. The SMILES string of the molecule is O=[N+]([O-])c1cn2c(n1)OC(COc1ccc(N3CCC(Nc4ccc(OCc5ccc(C(F)(F)F)cc5)cc4)CC3)cc1)CC2. The molecule has 4 aromatic rings. The summed E-state index contributed by atoms with van der Waals surface area (Å²) >= 11 is 0. The van der Waals surface area contributed by atoms with Crippen molar-refractivity contribution in [3.05, 3.63) is 100 Å². The molecular formula is C32H32F3N5O5. The summed E-state index contributed by atoms with van der Waals surface area (Å²) in [6, 6.07) is 21.1. The van der Waals surface area contributed by atoms with Gasteiger partial charge in [0, 0.05) is 48.5 Å². The number of nitrogens with one attached hydrogen (secondary N) is 1. The van der Waals surface area contributed by atoms with Gasteiger partial charge in [-0.25, -0.2) is 0 Å². The summed E-state index contributed by atoms with van der Waals surface area (Å²) in [6.07, 6.45) is -0.586. The number of anilines is 2. The van der Waals surface area contributed by atoms with E-state index in [2.05, 4.69) is 15.2 Å². The van der Waals surface area contributed by atoms with Crippen LogP contribution in [0.4, 0.5) is 30.4 Å². The van der Waals surface area contributed by atoms with Crippen molar-refractivity contribution in [2.45, 2.75) is 50.7 Å². The number of aryl methyl sites for hydroxylation is 1. The molecule has 0 amide bonds. The monoisotopic (exact) mass is 623 g/mol. The molecule has 3 heterocycles. The molecule has 10 nitrogen and oxygen atoms in total. The fourth-order valence-corrected chi connectivity index (χ4v) is 5.40. The van der Waals surface area contributed by atoms with E-state index in [1.807, 2.05) is 48.5 Å². The van der Waals surface area contributed by atoms with E-state index in [9.17, 15) is 23.3 Å². The zero-order valence-corrected chi connectivity index (χ0v) is 24.3. The molecule has 1 N–H and O–H groups in total. The minimum atomic E-state index is -4.35. The van der Waals surface area contributed by atoms with Crippen LogP contribution in [0.5, 0.6) is 17.5 Å². The lowest BCUT2D eigenvalue weighted by Gasteiger charge is -2.34. The number of piperidine rings is 1. The van der Waals surface area contributed by atoms with Gasteiger partial charge in [0.2, 0.25) is 0 Å². The van der Waals surface area contributed by atoms with Crippen LogP contribution in [0, 0.1) is 10.1 Å². The molecule has 1 unspecified atom stereocenters. The van der Waals surface area contributed by atoms with E-state index in [1.54, 1.807) is 4.57 Å². The first-order valence-corrected chi connectivity index (χ1v) is 14.7. The van der Waals surface area contributed by atoms with E-state index in [0.717, 1.165) is 55.2 Å². The highest BCUT2D eigenvalue weighted by Crippen LogP contribution is 2.30. The summed E-state index contributed by atoms with van der Waals surface area (Å²) in [5.41, 5.74) is 2.10. The number of nitro groups is 1. The standard InChI is InChI=1S/C32H32F3N5O5/c33-32(34,35)23-3-1-22(2-4-23)20-43-27-9-5-24(6-10-27)36-25-13-16-38(17-14-25)26-7-11-28(12-8-26)44-21-29-15-18-39-19-30(40(41)42)37-31(39)45-29/h1-12,19,25,29,36H,13-18,20-21H2. The molecule has 0 bridgehead atoms. The maximum atomic E-state index is 12.7. The lowest BCUT2D eigenvalue weighted by molar-refractivity contribution is -0.389. The number of fused-ring (bicyclic) bond motifs is 1. The van der Waals surface area contributed by atoms with E-state index in [-0.39, 0.29) is 24.5 Å². The lowest BCUT2D eigenvalue weighted by atomic mass is 10.0. The first-order valence-electron chi connectivity index (χ1n) is 14.7. The second-order valence-corrected chi connectivity index (χ2v) is 11.1. The summed E-state index contributed by atoms with van der Waals surface area (Å²) in [6.45, 7) is 2.90. The quantitative estimate of drug-likeness (QED) is 0.154. The molecule has 1 saturated heterocycles. The molecule has 236 valence electrons. The highest BCUT2D eigenvalue weighted by Gasteiger charge is 2.30. The minimum absolute atomic E-state index is 0.187. The Morgan fingerprint density at radius 1 is 0.911 bits per heavy atom. The fraction of sp³-hybridized carbons (Fsp3) is 0.344. The Bertz CT molecular complexity index is 1590. The first kappa shape index (κ1) is 30.1. The second kappa shape index (κ2) is 13.0.